The number of hydrogen-bond donors (Lipinski definition) is 1. The molecule has 12 heteroatoms. The standard InChI is InChI=1S/C27H30F3N5O4/c1-17-11-21-19(12-18(17)13-22(37)20-5-4-6-23(31-20)27(28,29)30)14-35(32-21)15-24(38)33-7-9-34(10-8-33)25(39)26(2,3)16-36/h4-6,11-12,14,36H,7-10,13,15-16H2,1-3H3. The van der Waals surface area contributed by atoms with Gasteiger partial charge in [0.2, 0.25) is 11.8 Å². The van der Waals surface area contributed by atoms with E-state index in [0.717, 1.165) is 17.7 Å². The molecule has 9 nitrogen and oxygen atoms in total. The fourth-order valence-corrected chi connectivity index (χ4v) is 4.45. The molecule has 1 saturated heterocycles. The van der Waals surface area contributed by atoms with Crippen LogP contribution in [0.15, 0.2) is 36.5 Å². The molecule has 208 valence electrons. The number of alkyl halides is 3. The van der Waals surface area contributed by atoms with Gasteiger partial charge in [-0.2, -0.15) is 18.3 Å². The Morgan fingerprint density at radius 2 is 1.69 bits per heavy atom. The summed E-state index contributed by atoms with van der Waals surface area (Å²) in [6.45, 7) is 6.40. The molecule has 3 heterocycles. The predicted octanol–water partition coefficient (Wildman–Crippen LogP) is 2.87. The third kappa shape index (κ3) is 6.27. The summed E-state index contributed by atoms with van der Waals surface area (Å²) in [6.07, 6.45) is -3.08. The summed E-state index contributed by atoms with van der Waals surface area (Å²) in [6, 6.07) is 6.76. The van der Waals surface area contributed by atoms with E-state index in [1.807, 2.05) is 0 Å². The molecule has 1 aliphatic heterocycles. The third-order valence-corrected chi connectivity index (χ3v) is 6.88. The van der Waals surface area contributed by atoms with Crippen LogP contribution >= 0.6 is 0 Å². The number of benzene rings is 1. The van der Waals surface area contributed by atoms with E-state index in [-0.39, 0.29) is 37.1 Å². The highest BCUT2D eigenvalue weighted by Crippen LogP contribution is 2.28. The first-order valence-electron chi connectivity index (χ1n) is 12.5. The van der Waals surface area contributed by atoms with Crippen molar-refractivity contribution in [3.8, 4) is 0 Å². The van der Waals surface area contributed by atoms with Gasteiger partial charge in [0.25, 0.3) is 0 Å². The lowest BCUT2D eigenvalue weighted by molar-refractivity contribution is -0.147. The number of pyridine rings is 1. The molecule has 1 N–H and O–H groups in total. The zero-order valence-corrected chi connectivity index (χ0v) is 22.0. The van der Waals surface area contributed by atoms with Crippen LogP contribution in [0.4, 0.5) is 13.2 Å². The number of halogens is 3. The lowest BCUT2D eigenvalue weighted by Crippen LogP contribution is -2.54. The second-order valence-corrected chi connectivity index (χ2v) is 10.4. The number of carbonyl (C=O) groups excluding carboxylic acids is 3. The van der Waals surface area contributed by atoms with Crippen LogP contribution < -0.4 is 0 Å². The molecule has 0 spiro atoms. The van der Waals surface area contributed by atoms with E-state index in [2.05, 4.69) is 10.1 Å². The average Bonchev–Trinajstić information content (AvgIpc) is 3.28. The highest BCUT2D eigenvalue weighted by molar-refractivity contribution is 5.96. The summed E-state index contributed by atoms with van der Waals surface area (Å²) in [4.78, 5) is 45.0. The summed E-state index contributed by atoms with van der Waals surface area (Å²) < 4.78 is 40.5. The molecule has 1 fully saturated rings. The molecule has 2 aromatic heterocycles. The molecular formula is C27H30F3N5O4. The minimum Gasteiger partial charge on any atom is -0.395 e. The molecule has 1 aliphatic rings. The Kier molecular flexibility index (Phi) is 7.78. The first-order valence-corrected chi connectivity index (χ1v) is 12.5. The van der Waals surface area contributed by atoms with Gasteiger partial charge < -0.3 is 14.9 Å². The maximum Gasteiger partial charge on any atom is 0.433 e. The fraction of sp³-hybridized carbons (Fsp3) is 0.444. The van der Waals surface area contributed by atoms with Gasteiger partial charge in [-0.25, -0.2) is 4.98 Å². The number of Topliss-reactive ketones (excluding diaryl/α,β-unsaturated/α-hetero) is 1. The van der Waals surface area contributed by atoms with Crippen LogP contribution in [0, 0.1) is 12.3 Å². The quantitative estimate of drug-likeness (QED) is 0.458. The minimum absolute atomic E-state index is 0.00771. The van der Waals surface area contributed by atoms with E-state index in [4.69, 9.17) is 0 Å². The fourth-order valence-electron chi connectivity index (χ4n) is 4.45. The second kappa shape index (κ2) is 10.8. The van der Waals surface area contributed by atoms with Crippen molar-refractivity contribution in [3.05, 3.63) is 59.0 Å². The topological polar surface area (TPSA) is 109 Å². The van der Waals surface area contributed by atoms with Gasteiger partial charge >= 0.3 is 6.18 Å². The molecule has 0 atom stereocenters. The van der Waals surface area contributed by atoms with Crippen molar-refractivity contribution >= 4 is 28.5 Å². The Hall–Kier alpha value is -3.80. The summed E-state index contributed by atoms with van der Waals surface area (Å²) in [5.41, 5.74) is -0.252. The molecule has 39 heavy (non-hydrogen) atoms. The largest absolute Gasteiger partial charge is 0.433 e. The van der Waals surface area contributed by atoms with Gasteiger partial charge in [0, 0.05) is 44.2 Å². The van der Waals surface area contributed by atoms with Gasteiger partial charge in [0.15, 0.2) is 5.78 Å². The van der Waals surface area contributed by atoms with Crippen molar-refractivity contribution in [1.82, 2.24) is 24.6 Å². The normalized spacial score (nSPS) is 14.6. The number of rotatable bonds is 7. The lowest BCUT2D eigenvalue weighted by Gasteiger charge is -2.38. The van der Waals surface area contributed by atoms with Crippen LogP contribution in [0.25, 0.3) is 10.9 Å². The summed E-state index contributed by atoms with van der Waals surface area (Å²) in [5, 5.41) is 14.6. The van der Waals surface area contributed by atoms with Crippen LogP contribution in [0.1, 0.15) is 41.2 Å². The first kappa shape index (κ1) is 28.2. The predicted molar refractivity (Wildman–Crippen MR) is 136 cm³/mol. The van der Waals surface area contributed by atoms with E-state index >= 15 is 0 Å². The number of piperazine rings is 1. The highest BCUT2D eigenvalue weighted by Gasteiger charge is 2.34. The van der Waals surface area contributed by atoms with Crippen molar-refractivity contribution < 1.29 is 32.7 Å². The number of amides is 2. The van der Waals surface area contributed by atoms with Crippen LogP contribution in [-0.2, 0) is 28.7 Å². The smallest absolute Gasteiger partial charge is 0.395 e. The van der Waals surface area contributed by atoms with Crippen molar-refractivity contribution in [2.45, 2.75) is 39.9 Å². The number of aryl methyl sites for hydroxylation is 1. The van der Waals surface area contributed by atoms with Crippen LogP contribution in [0.5, 0.6) is 0 Å². The average molecular weight is 546 g/mol. The van der Waals surface area contributed by atoms with Crippen molar-refractivity contribution in [2.75, 3.05) is 32.8 Å². The number of aliphatic hydroxyl groups excluding tert-OH is 1. The Morgan fingerprint density at radius 1 is 1.03 bits per heavy atom. The van der Waals surface area contributed by atoms with Crippen molar-refractivity contribution in [2.24, 2.45) is 5.41 Å². The Labute approximate surface area is 223 Å². The van der Waals surface area contributed by atoms with E-state index < -0.39 is 23.1 Å². The van der Waals surface area contributed by atoms with E-state index in [0.29, 0.717) is 42.6 Å². The first-order chi connectivity index (χ1) is 18.3. The highest BCUT2D eigenvalue weighted by atomic mass is 19.4. The zero-order valence-electron chi connectivity index (χ0n) is 22.0. The summed E-state index contributed by atoms with van der Waals surface area (Å²) >= 11 is 0. The van der Waals surface area contributed by atoms with Crippen LogP contribution in [0.2, 0.25) is 0 Å². The lowest BCUT2D eigenvalue weighted by atomic mass is 9.92. The number of ketones is 1. The van der Waals surface area contributed by atoms with Gasteiger partial charge in [-0.15, -0.1) is 0 Å². The monoisotopic (exact) mass is 545 g/mol. The Balaban J connectivity index is 1.41. The number of fused-ring (bicyclic) bond motifs is 1. The number of carbonyl (C=O) groups is 3. The molecule has 0 unspecified atom stereocenters. The van der Waals surface area contributed by atoms with E-state index in [1.54, 1.807) is 48.9 Å². The van der Waals surface area contributed by atoms with Gasteiger partial charge in [0.1, 0.15) is 17.9 Å². The molecule has 1 aromatic carbocycles. The Morgan fingerprint density at radius 3 is 2.33 bits per heavy atom. The van der Waals surface area contributed by atoms with Crippen LogP contribution in [-0.4, -0.2) is 80.1 Å². The molecule has 0 bridgehead atoms. The maximum absolute atomic E-state index is 13.0. The van der Waals surface area contributed by atoms with E-state index in [9.17, 15) is 32.7 Å². The van der Waals surface area contributed by atoms with Gasteiger partial charge in [-0.05, 0) is 56.2 Å². The van der Waals surface area contributed by atoms with Gasteiger partial charge in [0.05, 0.1) is 17.5 Å². The molecular weight excluding hydrogens is 515 g/mol. The maximum atomic E-state index is 13.0. The molecule has 0 aliphatic carbocycles. The van der Waals surface area contributed by atoms with Gasteiger partial charge in [-0.1, -0.05) is 6.07 Å². The van der Waals surface area contributed by atoms with E-state index in [1.165, 1.54) is 10.7 Å². The summed E-state index contributed by atoms with van der Waals surface area (Å²) in [7, 11) is 0. The second-order valence-electron chi connectivity index (χ2n) is 10.4. The van der Waals surface area contributed by atoms with Gasteiger partial charge in [-0.3, -0.25) is 19.1 Å². The molecule has 2 amide bonds. The molecule has 4 rings (SSSR count). The SMILES string of the molecule is Cc1cc2nn(CC(=O)N3CCN(C(=O)C(C)(C)CO)CC3)cc2cc1CC(=O)c1cccc(C(F)(F)F)n1. The van der Waals surface area contributed by atoms with Crippen molar-refractivity contribution in [3.63, 3.8) is 0 Å². The summed E-state index contributed by atoms with van der Waals surface area (Å²) in [5.74, 6) is -0.839. The number of nitrogens with zero attached hydrogens (tertiary/aromatic N) is 5. The zero-order chi connectivity index (χ0) is 28.5. The van der Waals surface area contributed by atoms with Crippen LogP contribution in [0.3, 0.4) is 0 Å². The number of hydrogen-bond acceptors (Lipinski definition) is 6. The number of aliphatic hydroxyl groups is 1. The minimum atomic E-state index is -4.64. The molecule has 0 radical (unpaired) electrons. The molecule has 3 aromatic rings. The Bertz CT molecular complexity index is 1410. The molecule has 0 saturated carbocycles. The number of aromatic nitrogens is 3. The third-order valence-electron chi connectivity index (χ3n) is 6.88. The van der Waals surface area contributed by atoms with Crippen molar-refractivity contribution in [1.29, 1.82) is 0 Å².